The van der Waals surface area contributed by atoms with Gasteiger partial charge in [0.25, 0.3) is 0 Å². The summed E-state index contributed by atoms with van der Waals surface area (Å²) < 4.78 is 10.9. The van der Waals surface area contributed by atoms with Crippen molar-refractivity contribution in [2.75, 3.05) is 6.61 Å². The van der Waals surface area contributed by atoms with Crippen molar-refractivity contribution >= 4 is 5.97 Å². The quantitative estimate of drug-likeness (QED) is 0.357. The Morgan fingerprint density at radius 2 is 1.70 bits per heavy atom. The topological polar surface area (TPSA) is 35.5 Å². The molecule has 0 N–H and O–H groups in total. The maximum atomic E-state index is 11.3. The van der Waals surface area contributed by atoms with E-state index in [9.17, 15) is 4.79 Å². The van der Waals surface area contributed by atoms with Gasteiger partial charge in [0.05, 0.1) is 13.0 Å². The number of hydrogen-bond donors (Lipinski definition) is 0. The van der Waals surface area contributed by atoms with Gasteiger partial charge in [0.2, 0.25) is 0 Å². The van der Waals surface area contributed by atoms with E-state index in [0.29, 0.717) is 18.1 Å². The third-order valence-corrected chi connectivity index (χ3v) is 3.05. The highest BCUT2D eigenvalue weighted by atomic mass is 16.6. The zero-order chi connectivity index (χ0) is 14.6. The first-order chi connectivity index (χ1) is 9.77. The first-order valence-electron chi connectivity index (χ1n) is 7.51. The molecule has 0 saturated heterocycles. The predicted molar refractivity (Wildman–Crippen MR) is 80.9 cm³/mol. The lowest BCUT2D eigenvalue weighted by Crippen LogP contribution is -2.08. The molecule has 1 rings (SSSR count). The van der Waals surface area contributed by atoms with Crippen LogP contribution in [0.3, 0.4) is 0 Å². The fourth-order valence-corrected chi connectivity index (χ4v) is 1.89. The number of ether oxygens (including phenoxy) is 2. The second kappa shape index (κ2) is 10.3. The van der Waals surface area contributed by atoms with Crippen molar-refractivity contribution in [3.05, 3.63) is 30.7 Å². The van der Waals surface area contributed by atoms with Crippen LogP contribution >= 0.6 is 0 Å². The molecule has 0 aliphatic rings. The van der Waals surface area contributed by atoms with Crippen LogP contribution in [0, 0.1) is 6.42 Å². The zero-order valence-electron chi connectivity index (χ0n) is 12.6. The Kier molecular flexibility index (Phi) is 8.52. The van der Waals surface area contributed by atoms with Gasteiger partial charge in [-0.3, -0.25) is 4.79 Å². The molecule has 1 aromatic carbocycles. The molecule has 0 heterocycles. The Hall–Kier alpha value is -1.51. The average Bonchev–Trinajstić information content (AvgIpc) is 2.47. The number of esters is 1. The SMILES string of the molecule is C[CH]C(=O)Oc1ccccc1OCCCCCCCC. The summed E-state index contributed by atoms with van der Waals surface area (Å²) in [4.78, 5) is 11.3. The molecule has 0 saturated carbocycles. The van der Waals surface area contributed by atoms with Gasteiger partial charge in [-0.05, 0) is 18.6 Å². The smallest absolute Gasteiger partial charge is 0.315 e. The maximum Gasteiger partial charge on any atom is 0.315 e. The summed E-state index contributed by atoms with van der Waals surface area (Å²) >= 11 is 0. The number of benzene rings is 1. The van der Waals surface area contributed by atoms with E-state index in [1.807, 2.05) is 18.2 Å². The van der Waals surface area contributed by atoms with Crippen molar-refractivity contribution < 1.29 is 14.3 Å². The lowest BCUT2D eigenvalue weighted by Gasteiger charge is -2.11. The molecule has 0 aromatic heterocycles. The number of unbranched alkanes of at least 4 members (excludes halogenated alkanes) is 5. The molecule has 0 fully saturated rings. The minimum atomic E-state index is -0.361. The highest BCUT2D eigenvalue weighted by molar-refractivity contribution is 5.81. The van der Waals surface area contributed by atoms with Crippen LogP contribution in [0.25, 0.3) is 0 Å². The van der Waals surface area contributed by atoms with Crippen molar-refractivity contribution in [1.29, 1.82) is 0 Å². The molecule has 0 atom stereocenters. The maximum absolute atomic E-state index is 11.3. The van der Waals surface area contributed by atoms with Crippen LogP contribution in [0.5, 0.6) is 11.5 Å². The van der Waals surface area contributed by atoms with E-state index in [-0.39, 0.29) is 5.97 Å². The van der Waals surface area contributed by atoms with Crippen molar-refractivity contribution in [2.24, 2.45) is 0 Å². The number of carbonyl (C=O) groups excluding carboxylic acids is 1. The van der Waals surface area contributed by atoms with E-state index in [1.165, 1.54) is 38.5 Å². The van der Waals surface area contributed by atoms with Gasteiger partial charge in [0.1, 0.15) is 0 Å². The minimum Gasteiger partial charge on any atom is -0.490 e. The highest BCUT2D eigenvalue weighted by Crippen LogP contribution is 2.27. The summed E-state index contributed by atoms with van der Waals surface area (Å²) in [6.07, 6.45) is 8.76. The van der Waals surface area contributed by atoms with Crippen LogP contribution < -0.4 is 9.47 Å². The summed E-state index contributed by atoms with van der Waals surface area (Å²) in [7, 11) is 0. The van der Waals surface area contributed by atoms with Crippen LogP contribution in [-0.4, -0.2) is 12.6 Å². The summed E-state index contributed by atoms with van der Waals surface area (Å²) in [5.74, 6) is 0.762. The van der Waals surface area contributed by atoms with E-state index in [0.717, 1.165) is 6.42 Å². The molecule has 0 amide bonds. The second-order valence-corrected chi connectivity index (χ2v) is 4.77. The van der Waals surface area contributed by atoms with Crippen LogP contribution in [0.1, 0.15) is 52.4 Å². The Balaban J connectivity index is 2.30. The molecule has 111 valence electrons. The van der Waals surface area contributed by atoms with Crippen molar-refractivity contribution in [2.45, 2.75) is 52.4 Å². The van der Waals surface area contributed by atoms with E-state index < -0.39 is 0 Å². The normalized spacial score (nSPS) is 10.3. The molecular weight excluding hydrogens is 252 g/mol. The molecule has 0 spiro atoms. The molecule has 0 unspecified atom stereocenters. The Morgan fingerprint density at radius 3 is 2.40 bits per heavy atom. The first-order valence-corrected chi connectivity index (χ1v) is 7.51. The summed E-state index contributed by atoms with van der Waals surface area (Å²) in [5.41, 5.74) is 0. The molecule has 0 aliphatic carbocycles. The standard InChI is InChI=1S/C17H25O3/c1-3-5-6-7-8-11-14-19-15-12-9-10-13-16(15)20-17(18)4-2/h4,9-10,12-13H,3,5-8,11,14H2,1-2H3. The Bertz CT molecular complexity index is 388. The number of para-hydroxylation sites is 2. The Morgan fingerprint density at radius 1 is 1.05 bits per heavy atom. The van der Waals surface area contributed by atoms with Gasteiger partial charge in [-0.2, -0.15) is 0 Å². The fourth-order valence-electron chi connectivity index (χ4n) is 1.89. The van der Waals surface area contributed by atoms with Crippen molar-refractivity contribution in [1.82, 2.24) is 0 Å². The van der Waals surface area contributed by atoms with E-state index in [4.69, 9.17) is 9.47 Å². The van der Waals surface area contributed by atoms with Gasteiger partial charge in [0.15, 0.2) is 11.5 Å². The predicted octanol–water partition coefficient (Wildman–Crippen LogP) is 4.56. The third kappa shape index (κ3) is 6.60. The molecular formula is C17H25O3. The first kappa shape index (κ1) is 16.5. The molecule has 3 nitrogen and oxygen atoms in total. The molecule has 1 aromatic rings. The number of rotatable bonds is 10. The zero-order valence-corrected chi connectivity index (χ0v) is 12.6. The van der Waals surface area contributed by atoms with Gasteiger partial charge < -0.3 is 9.47 Å². The van der Waals surface area contributed by atoms with Crippen LogP contribution in [-0.2, 0) is 4.79 Å². The van der Waals surface area contributed by atoms with Crippen molar-refractivity contribution in [3.8, 4) is 11.5 Å². The summed E-state index contributed by atoms with van der Waals surface area (Å²) in [6, 6.07) is 7.28. The minimum absolute atomic E-state index is 0.361. The lowest BCUT2D eigenvalue weighted by molar-refractivity contribution is -0.130. The van der Waals surface area contributed by atoms with Gasteiger partial charge >= 0.3 is 5.97 Å². The van der Waals surface area contributed by atoms with Crippen LogP contribution in [0.2, 0.25) is 0 Å². The average molecular weight is 277 g/mol. The molecule has 3 heteroatoms. The van der Waals surface area contributed by atoms with Gasteiger partial charge in [-0.1, -0.05) is 58.1 Å². The molecule has 1 radical (unpaired) electrons. The summed E-state index contributed by atoms with van der Waals surface area (Å²) in [6.45, 7) is 4.54. The van der Waals surface area contributed by atoms with Crippen LogP contribution in [0.4, 0.5) is 0 Å². The van der Waals surface area contributed by atoms with Crippen LogP contribution in [0.15, 0.2) is 24.3 Å². The number of hydrogen-bond acceptors (Lipinski definition) is 3. The Labute approximate surface area is 122 Å². The number of carbonyl (C=O) groups is 1. The van der Waals surface area contributed by atoms with Gasteiger partial charge in [-0.15, -0.1) is 0 Å². The van der Waals surface area contributed by atoms with E-state index >= 15 is 0 Å². The third-order valence-electron chi connectivity index (χ3n) is 3.05. The van der Waals surface area contributed by atoms with Crippen molar-refractivity contribution in [3.63, 3.8) is 0 Å². The highest BCUT2D eigenvalue weighted by Gasteiger charge is 2.08. The largest absolute Gasteiger partial charge is 0.490 e. The molecule has 0 bridgehead atoms. The van der Waals surface area contributed by atoms with E-state index in [1.54, 1.807) is 13.0 Å². The fraction of sp³-hybridized carbons (Fsp3) is 0.529. The molecule has 20 heavy (non-hydrogen) atoms. The van der Waals surface area contributed by atoms with E-state index in [2.05, 4.69) is 6.92 Å². The van der Waals surface area contributed by atoms with Gasteiger partial charge in [0, 0.05) is 0 Å². The monoisotopic (exact) mass is 277 g/mol. The van der Waals surface area contributed by atoms with Gasteiger partial charge in [-0.25, -0.2) is 0 Å². The summed E-state index contributed by atoms with van der Waals surface area (Å²) in [5, 5.41) is 0. The lowest BCUT2D eigenvalue weighted by atomic mass is 10.1. The molecule has 0 aliphatic heterocycles. The second-order valence-electron chi connectivity index (χ2n) is 4.77.